The smallest absolute Gasteiger partial charge is 0.418 e. The van der Waals surface area contributed by atoms with Gasteiger partial charge < -0.3 is 17.3 Å². The summed E-state index contributed by atoms with van der Waals surface area (Å²) in [6.45, 7) is 2.27. The van der Waals surface area contributed by atoms with Crippen LogP contribution in [0.2, 0.25) is 0 Å². The number of hydrogen-bond donors (Lipinski definition) is 0. The summed E-state index contributed by atoms with van der Waals surface area (Å²) in [6.07, 6.45) is 8.84. The van der Waals surface area contributed by atoms with Crippen molar-refractivity contribution in [3.63, 3.8) is 0 Å². The van der Waals surface area contributed by atoms with Crippen molar-refractivity contribution < 1.29 is 17.3 Å². The molecule has 0 amide bonds. The van der Waals surface area contributed by atoms with E-state index in [0.29, 0.717) is 0 Å². The molecule has 0 atom stereocenters. The molecule has 0 N–H and O–H groups in total. The zero-order valence-electron chi connectivity index (χ0n) is 19.6. The van der Waals surface area contributed by atoms with Gasteiger partial charge in [0.05, 0.1) is 5.66 Å². The summed E-state index contributed by atoms with van der Waals surface area (Å²) < 4.78 is 39.0. The number of halogens is 4. The van der Waals surface area contributed by atoms with Crippen molar-refractivity contribution in [3.05, 3.63) is 91.0 Å². The van der Waals surface area contributed by atoms with Gasteiger partial charge in [-0.3, -0.25) is 0 Å². The Bertz CT molecular complexity index is 894. The van der Waals surface area contributed by atoms with Crippen LogP contribution in [0.25, 0.3) is 0 Å². The minimum absolute atomic E-state index is 0.986. The molecule has 0 nitrogen and oxygen atoms in total. The van der Waals surface area contributed by atoms with Gasteiger partial charge in [-0.15, -0.1) is 0 Å². The van der Waals surface area contributed by atoms with Crippen LogP contribution in [0.1, 0.15) is 51.9 Å². The van der Waals surface area contributed by atoms with Gasteiger partial charge in [0.2, 0.25) is 0 Å². The number of benzene rings is 3. The fraction of sp³-hybridized carbons (Fsp3) is 0.286. The molecule has 0 aliphatic carbocycles. The molecule has 34 heavy (non-hydrogen) atoms. The predicted molar refractivity (Wildman–Crippen MR) is 141 cm³/mol. The molecule has 0 saturated heterocycles. The molecule has 0 aliphatic rings. The fourth-order valence-corrected chi connectivity index (χ4v) is 7.25. The first kappa shape index (κ1) is 27.7. The third kappa shape index (κ3) is 9.36. The van der Waals surface area contributed by atoms with Gasteiger partial charge in [-0.25, -0.2) is 0 Å². The Labute approximate surface area is 202 Å². The van der Waals surface area contributed by atoms with Crippen LogP contribution in [0.15, 0.2) is 91.0 Å². The lowest BCUT2D eigenvalue weighted by atomic mass is 10.1. The lowest BCUT2D eigenvalue weighted by Gasteiger charge is -2.21. The highest BCUT2D eigenvalue weighted by molar-refractivity contribution is 7.99. The van der Waals surface area contributed by atoms with E-state index in [1.54, 1.807) is 0 Å². The van der Waals surface area contributed by atoms with Gasteiger partial charge in [-0.05, 0) is 42.8 Å². The highest BCUT2D eigenvalue weighted by atomic mass is 31.2. The van der Waals surface area contributed by atoms with Crippen LogP contribution < -0.4 is 15.9 Å². The van der Waals surface area contributed by atoms with E-state index in [0.717, 1.165) is 6.42 Å². The maximum absolute atomic E-state index is 9.75. The van der Waals surface area contributed by atoms with Crippen LogP contribution >= 0.6 is 7.26 Å². The van der Waals surface area contributed by atoms with Crippen molar-refractivity contribution >= 4 is 30.4 Å². The van der Waals surface area contributed by atoms with Crippen LogP contribution in [0.4, 0.5) is 17.3 Å². The van der Waals surface area contributed by atoms with Crippen molar-refractivity contribution in [2.75, 3.05) is 0 Å². The van der Waals surface area contributed by atoms with Gasteiger partial charge in [-0.1, -0.05) is 99.5 Å². The molecular weight excluding hydrogens is 454 g/mol. The van der Waals surface area contributed by atoms with Crippen LogP contribution in [0.3, 0.4) is 0 Å². The summed E-state index contributed by atoms with van der Waals surface area (Å²) in [7, 11) is -7.98. The Kier molecular flexibility index (Phi) is 11.9. The number of hydrogen-bond acceptors (Lipinski definition) is 0. The van der Waals surface area contributed by atoms with E-state index in [2.05, 4.69) is 110 Å². The largest absolute Gasteiger partial charge is 0.673 e. The molecule has 3 rings (SSSR count). The van der Waals surface area contributed by atoms with E-state index >= 15 is 0 Å². The SMILES string of the molecule is CCCCCCCCC#C[P+](c1ccccc1)(c1ccccc1)c1ccccc1.F[B-](F)(F)F. The molecule has 3 aromatic rings. The zero-order chi connectivity index (χ0) is 24.7. The van der Waals surface area contributed by atoms with Crippen molar-refractivity contribution in [1.82, 2.24) is 0 Å². The van der Waals surface area contributed by atoms with Crippen LogP contribution in [0.5, 0.6) is 0 Å². The summed E-state index contributed by atoms with van der Waals surface area (Å²) >= 11 is 0. The molecule has 0 saturated carbocycles. The monoisotopic (exact) mass is 486 g/mol. The Morgan fingerprint density at radius 3 is 1.32 bits per heavy atom. The van der Waals surface area contributed by atoms with Crippen LogP contribution in [-0.4, -0.2) is 7.25 Å². The molecule has 6 heteroatoms. The van der Waals surface area contributed by atoms with Crippen molar-refractivity contribution in [2.45, 2.75) is 51.9 Å². The van der Waals surface area contributed by atoms with Crippen molar-refractivity contribution in [1.29, 1.82) is 0 Å². The van der Waals surface area contributed by atoms with Gasteiger partial charge in [0.15, 0.2) is 7.26 Å². The van der Waals surface area contributed by atoms with Crippen LogP contribution in [-0.2, 0) is 0 Å². The molecule has 180 valence electrons. The molecule has 3 aromatic carbocycles. The summed E-state index contributed by atoms with van der Waals surface area (Å²) in [5.41, 5.74) is 3.85. The average Bonchev–Trinajstić information content (AvgIpc) is 2.84. The highest BCUT2D eigenvalue weighted by Gasteiger charge is 2.44. The average molecular weight is 486 g/mol. The standard InChI is InChI=1S/C28H32P.BF4/c1-2-3-4-5-6-7-8-18-25-29(26-19-12-9-13-20-26,27-21-14-10-15-22-27)28-23-16-11-17-24-28;2-1(3,4)5/h9-17,19-24H,2-8H2,1H3;/q+1;-1. The highest BCUT2D eigenvalue weighted by Crippen LogP contribution is 2.54. The number of unbranched alkanes of at least 4 members (excludes halogenated alkanes) is 6. The van der Waals surface area contributed by atoms with Gasteiger partial charge in [-0.2, -0.15) is 0 Å². The maximum atomic E-state index is 9.75. The molecule has 0 aliphatic heterocycles. The van der Waals surface area contributed by atoms with Crippen molar-refractivity contribution in [2.24, 2.45) is 0 Å². The first-order valence-electron chi connectivity index (χ1n) is 11.8. The molecule has 0 heterocycles. The van der Waals surface area contributed by atoms with E-state index in [-0.39, 0.29) is 0 Å². The predicted octanol–water partition coefficient (Wildman–Crippen LogP) is 7.99. The third-order valence-corrected chi connectivity index (χ3v) is 9.04. The van der Waals surface area contributed by atoms with Crippen molar-refractivity contribution in [3.8, 4) is 11.6 Å². The molecular formula is C28H32BF4P. The second-order valence-corrected chi connectivity index (χ2v) is 11.1. The summed E-state index contributed by atoms with van der Waals surface area (Å²) in [6, 6.07) is 32.7. The molecule has 0 aromatic heterocycles. The van der Waals surface area contributed by atoms with E-state index in [1.165, 1.54) is 54.4 Å². The quantitative estimate of drug-likeness (QED) is 0.0946. The maximum Gasteiger partial charge on any atom is 0.673 e. The molecule has 0 fully saturated rings. The topological polar surface area (TPSA) is 0 Å². The lowest BCUT2D eigenvalue weighted by Crippen LogP contribution is -2.29. The Balaban J connectivity index is 0.000000739. The first-order chi connectivity index (χ1) is 16.4. The van der Waals surface area contributed by atoms with Gasteiger partial charge in [0, 0.05) is 6.42 Å². The Morgan fingerprint density at radius 2 is 0.941 bits per heavy atom. The van der Waals surface area contributed by atoms with Gasteiger partial charge >= 0.3 is 7.25 Å². The Hall–Kier alpha value is -2.57. The number of rotatable bonds is 9. The van der Waals surface area contributed by atoms with Crippen LogP contribution in [0, 0.1) is 11.6 Å². The summed E-state index contributed by atoms with van der Waals surface area (Å²) in [4.78, 5) is 0. The molecule has 0 bridgehead atoms. The van der Waals surface area contributed by atoms with E-state index in [1.807, 2.05) is 0 Å². The fourth-order valence-electron chi connectivity index (χ4n) is 3.76. The Morgan fingerprint density at radius 1 is 0.588 bits per heavy atom. The second-order valence-electron chi connectivity index (χ2n) is 7.98. The van der Waals surface area contributed by atoms with E-state index in [4.69, 9.17) is 0 Å². The molecule has 0 spiro atoms. The zero-order valence-corrected chi connectivity index (χ0v) is 20.5. The summed E-state index contributed by atoms with van der Waals surface area (Å²) in [5.74, 6) is 3.61. The molecule has 0 radical (unpaired) electrons. The van der Waals surface area contributed by atoms with E-state index < -0.39 is 14.5 Å². The normalized spacial score (nSPS) is 11.1. The van der Waals surface area contributed by atoms with E-state index in [9.17, 15) is 17.3 Å². The minimum Gasteiger partial charge on any atom is -0.418 e. The van der Waals surface area contributed by atoms with Gasteiger partial charge in [0.1, 0.15) is 15.9 Å². The second kappa shape index (κ2) is 14.6. The minimum atomic E-state index is -6.00. The first-order valence-corrected chi connectivity index (χ1v) is 13.6. The summed E-state index contributed by atoms with van der Waals surface area (Å²) in [5, 5.41) is 4.02. The third-order valence-electron chi connectivity index (χ3n) is 5.33. The lowest BCUT2D eigenvalue weighted by molar-refractivity contribution is 0.368. The molecule has 0 unspecified atom stereocenters. The van der Waals surface area contributed by atoms with Gasteiger partial charge in [0.25, 0.3) is 0 Å².